The summed E-state index contributed by atoms with van der Waals surface area (Å²) in [6, 6.07) is 16.7. The van der Waals surface area contributed by atoms with E-state index in [0.717, 1.165) is 6.20 Å². The fraction of sp³-hybridized carbons (Fsp3) is 0. The molecule has 0 aliphatic rings. The second-order valence-corrected chi connectivity index (χ2v) is 5.09. The molecule has 5 heteroatoms. The lowest BCUT2D eigenvalue weighted by Gasteiger charge is -2.08. The van der Waals surface area contributed by atoms with Crippen LogP contribution in [-0.4, -0.2) is 16.7 Å². The van der Waals surface area contributed by atoms with Crippen LogP contribution < -0.4 is 5.32 Å². The maximum atomic E-state index is 13.6. The van der Waals surface area contributed by atoms with E-state index in [4.69, 9.17) is 0 Å². The number of amides is 1. The van der Waals surface area contributed by atoms with Gasteiger partial charge in [-0.15, -0.1) is 0 Å². The molecule has 1 N–H and O–H groups in total. The van der Waals surface area contributed by atoms with Crippen molar-refractivity contribution in [1.29, 1.82) is 0 Å². The summed E-state index contributed by atoms with van der Waals surface area (Å²) >= 11 is 0. The Morgan fingerprint density at radius 1 is 0.917 bits per heavy atom. The number of hydrogen-bond acceptors (Lipinski definition) is 3. The summed E-state index contributed by atoms with van der Waals surface area (Å²) in [5.41, 5.74) is 1.30. The second-order valence-electron chi connectivity index (χ2n) is 5.09. The van der Waals surface area contributed by atoms with E-state index in [1.54, 1.807) is 48.5 Å². The fourth-order valence-electron chi connectivity index (χ4n) is 2.25. The molecular weight excluding hydrogens is 307 g/mol. The number of ketones is 1. The molecule has 24 heavy (non-hydrogen) atoms. The Kier molecular flexibility index (Phi) is 4.43. The predicted molar refractivity (Wildman–Crippen MR) is 88.5 cm³/mol. The Morgan fingerprint density at radius 3 is 2.42 bits per heavy atom. The number of benzene rings is 2. The second kappa shape index (κ2) is 6.83. The van der Waals surface area contributed by atoms with Gasteiger partial charge in [0.05, 0.1) is 11.8 Å². The largest absolute Gasteiger partial charge is 0.322 e. The fourth-order valence-corrected chi connectivity index (χ4v) is 2.25. The minimum Gasteiger partial charge on any atom is -0.322 e. The zero-order valence-electron chi connectivity index (χ0n) is 12.6. The monoisotopic (exact) mass is 320 g/mol. The van der Waals surface area contributed by atoms with Crippen molar-refractivity contribution in [3.8, 4) is 0 Å². The average Bonchev–Trinajstić information content (AvgIpc) is 2.62. The van der Waals surface area contributed by atoms with Crippen LogP contribution in [0.4, 0.5) is 10.1 Å². The molecule has 0 saturated heterocycles. The molecule has 0 saturated carbocycles. The first-order valence-corrected chi connectivity index (χ1v) is 7.26. The van der Waals surface area contributed by atoms with Gasteiger partial charge in [-0.25, -0.2) is 4.39 Å². The van der Waals surface area contributed by atoms with Crippen molar-refractivity contribution in [1.82, 2.24) is 4.98 Å². The molecule has 0 spiro atoms. The number of anilines is 1. The molecule has 0 fully saturated rings. The van der Waals surface area contributed by atoms with Gasteiger partial charge in [0.25, 0.3) is 5.91 Å². The van der Waals surface area contributed by atoms with Crippen molar-refractivity contribution in [2.45, 2.75) is 0 Å². The summed E-state index contributed by atoms with van der Waals surface area (Å²) in [7, 11) is 0. The normalized spacial score (nSPS) is 10.2. The first kappa shape index (κ1) is 15.6. The van der Waals surface area contributed by atoms with Crippen molar-refractivity contribution in [2.24, 2.45) is 0 Å². The Balaban J connectivity index is 1.82. The Hall–Kier alpha value is -3.34. The molecule has 1 heterocycles. The SMILES string of the molecule is O=C(c1ccccc1)c1cccc(NC(=O)c2ccncc2F)c1. The van der Waals surface area contributed by atoms with Gasteiger partial charge in [-0.1, -0.05) is 42.5 Å². The van der Waals surface area contributed by atoms with E-state index < -0.39 is 11.7 Å². The zero-order chi connectivity index (χ0) is 16.9. The van der Waals surface area contributed by atoms with Gasteiger partial charge in [0.15, 0.2) is 11.6 Å². The molecule has 4 nitrogen and oxygen atoms in total. The van der Waals surface area contributed by atoms with Gasteiger partial charge in [-0.2, -0.15) is 0 Å². The minimum atomic E-state index is -0.702. The molecule has 3 aromatic rings. The number of nitrogens with zero attached hydrogens (tertiary/aromatic N) is 1. The van der Waals surface area contributed by atoms with Crippen LogP contribution in [0.5, 0.6) is 0 Å². The molecule has 1 aromatic heterocycles. The molecule has 0 aliphatic heterocycles. The van der Waals surface area contributed by atoms with Gasteiger partial charge in [0.1, 0.15) is 0 Å². The van der Waals surface area contributed by atoms with Crippen molar-refractivity contribution in [3.63, 3.8) is 0 Å². The van der Waals surface area contributed by atoms with Crippen LogP contribution in [0.2, 0.25) is 0 Å². The number of carbonyl (C=O) groups is 2. The number of rotatable bonds is 4. The third-order valence-corrected chi connectivity index (χ3v) is 3.44. The van der Waals surface area contributed by atoms with Crippen LogP contribution in [0.1, 0.15) is 26.3 Å². The van der Waals surface area contributed by atoms with E-state index in [9.17, 15) is 14.0 Å². The molecule has 0 bridgehead atoms. The molecule has 1 amide bonds. The lowest BCUT2D eigenvalue weighted by Crippen LogP contribution is -2.14. The topological polar surface area (TPSA) is 59.1 Å². The molecule has 0 radical (unpaired) electrons. The number of hydrogen-bond donors (Lipinski definition) is 1. The molecule has 3 rings (SSSR count). The summed E-state index contributed by atoms with van der Waals surface area (Å²) < 4.78 is 13.6. The number of aromatic nitrogens is 1. The minimum absolute atomic E-state index is 0.107. The lowest BCUT2D eigenvalue weighted by atomic mass is 10.0. The zero-order valence-corrected chi connectivity index (χ0v) is 12.6. The van der Waals surface area contributed by atoms with Gasteiger partial charge in [-0.3, -0.25) is 14.6 Å². The van der Waals surface area contributed by atoms with Crippen LogP contribution in [0.15, 0.2) is 73.1 Å². The summed E-state index contributed by atoms with van der Waals surface area (Å²) in [6.07, 6.45) is 2.32. The lowest BCUT2D eigenvalue weighted by molar-refractivity contribution is 0.101. The first-order valence-electron chi connectivity index (χ1n) is 7.26. The maximum absolute atomic E-state index is 13.6. The molecule has 118 valence electrons. The van der Waals surface area contributed by atoms with E-state index in [1.165, 1.54) is 12.3 Å². The molecule has 0 aliphatic carbocycles. The number of carbonyl (C=O) groups excluding carboxylic acids is 2. The van der Waals surface area contributed by atoms with Gasteiger partial charge in [-0.05, 0) is 18.2 Å². The standard InChI is InChI=1S/C19H13FN2O2/c20-17-12-21-10-9-16(17)19(24)22-15-8-4-7-14(11-15)18(23)13-5-2-1-3-6-13/h1-12H,(H,22,24). The van der Waals surface area contributed by atoms with E-state index in [2.05, 4.69) is 10.3 Å². The van der Waals surface area contributed by atoms with Crippen molar-refractivity contribution in [2.75, 3.05) is 5.32 Å². The van der Waals surface area contributed by atoms with E-state index in [1.807, 2.05) is 6.07 Å². The highest BCUT2D eigenvalue weighted by molar-refractivity contribution is 6.10. The third-order valence-electron chi connectivity index (χ3n) is 3.44. The van der Waals surface area contributed by atoms with Gasteiger partial charge in [0, 0.05) is 23.0 Å². The number of nitrogens with one attached hydrogen (secondary N) is 1. The quantitative estimate of drug-likeness (QED) is 0.746. The van der Waals surface area contributed by atoms with Crippen molar-refractivity contribution >= 4 is 17.4 Å². The highest BCUT2D eigenvalue weighted by Crippen LogP contribution is 2.16. The number of halogens is 1. The third kappa shape index (κ3) is 3.35. The number of pyridine rings is 1. The van der Waals surface area contributed by atoms with Crippen LogP contribution >= 0.6 is 0 Å². The van der Waals surface area contributed by atoms with Crippen LogP contribution in [0.3, 0.4) is 0 Å². The van der Waals surface area contributed by atoms with E-state index >= 15 is 0 Å². The first-order chi connectivity index (χ1) is 11.6. The molecule has 2 aromatic carbocycles. The van der Waals surface area contributed by atoms with Gasteiger partial charge in [0.2, 0.25) is 0 Å². The highest BCUT2D eigenvalue weighted by atomic mass is 19.1. The van der Waals surface area contributed by atoms with Gasteiger partial charge < -0.3 is 5.32 Å². The smallest absolute Gasteiger partial charge is 0.258 e. The predicted octanol–water partition coefficient (Wildman–Crippen LogP) is 3.70. The summed E-state index contributed by atoms with van der Waals surface area (Å²) in [4.78, 5) is 28.2. The maximum Gasteiger partial charge on any atom is 0.258 e. The summed E-state index contributed by atoms with van der Waals surface area (Å²) in [6.45, 7) is 0. The Labute approximate surface area is 138 Å². The van der Waals surface area contributed by atoms with Crippen LogP contribution in [0.25, 0.3) is 0 Å². The van der Waals surface area contributed by atoms with Crippen LogP contribution in [0, 0.1) is 5.82 Å². The summed E-state index contributed by atoms with van der Waals surface area (Å²) in [5.74, 6) is -1.45. The Morgan fingerprint density at radius 2 is 1.67 bits per heavy atom. The molecule has 0 unspecified atom stereocenters. The van der Waals surface area contributed by atoms with E-state index in [0.29, 0.717) is 16.8 Å². The highest BCUT2D eigenvalue weighted by Gasteiger charge is 2.13. The van der Waals surface area contributed by atoms with Crippen molar-refractivity contribution in [3.05, 3.63) is 95.6 Å². The van der Waals surface area contributed by atoms with E-state index in [-0.39, 0.29) is 11.3 Å². The summed E-state index contributed by atoms with van der Waals surface area (Å²) in [5, 5.41) is 2.59. The molecule has 0 atom stereocenters. The Bertz CT molecular complexity index is 895. The molecular formula is C19H13FN2O2. The van der Waals surface area contributed by atoms with Crippen molar-refractivity contribution < 1.29 is 14.0 Å². The van der Waals surface area contributed by atoms with Crippen LogP contribution in [-0.2, 0) is 0 Å². The average molecular weight is 320 g/mol. The van der Waals surface area contributed by atoms with Gasteiger partial charge >= 0.3 is 0 Å².